The minimum atomic E-state index is -1.60. The van der Waals surface area contributed by atoms with E-state index >= 15 is 0 Å². The Morgan fingerprint density at radius 1 is 0.679 bits per heavy atom. The van der Waals surface area contributed by atoms with Gasteiger partial charge in [-0.25, -0.2) is 0 Å². The predicted octanol–water partition coefficient (Wildman–Crippen LogP) is 17.3. The normalized spacial score (nSPS) is 29.3. The van der Waals surface area contributed by atoms with E-state index in [0.29, 0.717) is 0 Å². The Labute approximate surface area is 369 Å². The van der Waals surface area contributed by atoms with Gasteiger partial charge in [0.05, 0.1) is 13.7 Å². The van der Waals surface area contributed by atoms with Crippen molar-refractivity contribution < 1.29 is 25.6 Å². The van der Waals surface area contributed by atoms with Crippen LogP contribution in [-0.2, 0) is 31.0 Å². The van der Waals surface area contributed by atoms with Gasteiger partial charge in [0.2, 0.25) is 0 Å². The van der Waals surface area contributed by atoms with Gasteiger partial charge in [-0.3, -0.25) is 0 Å². The van der Waals surface area contributed by atoms with E-state index in [2.05, 4.69) is 110 Å². The predicted molar refractivity (Wildman–Crippen MR) is 250 cm³/mol. The minimum absolute atomic E-state index is 0. The van der Waals surface area contributed by atoms with Crippen molar-refractivity contribution in [3.8, 4) is 0 Å². The first-order valence-corrected chi connectivity index (χ1v) is 31.6. The number of ether oxygens (including phenoxy) is 1. The van der Waals surface area contributed by atoms with Crippen LogP contribution in [0.2, 0.25) is 23.7 Å². The van der Waals surface area contributed by atoms with E-state index < -0.39 is 28.9 Å². The molecule has 0 spiro atoms. The molecule has 4 fully saturated rings. The van der Waals surface area contributed by atoms with Gasteiger partial charge in [0.25, 0.3) is 0 Å². The van der Waals surface area contributed by atoms with Gasteiger partial charge in [0.1, 0.15) is 0 Å². The number of rotatable bonds is 11. The van der Waals surface area contributed by atoms with Crippen LogP contribution in [0.1, 0.15) is 180 Å². The molecule has 4 aliphatic carbocycles. The average Bonchev–Trinajstić information content (AvgIpc) is 3.73. The fourth-order valence-corrected chi connectivity index (χ4v) is 19.9. The standard InChI is InChI=1S/C47H74OSi.C2H6.2CH3.2ClH.Zr/c1-33-20-22-35(23-21-33)39-17-15-19-42-43(39)32-34(2)45(42)49(9,31-13-11-10-12-30-48-47(6,7)8)44-29-28-40-38(16-14-18-41(40)44)36-24-26-37(27-25-36)46(3,4)5;1-2;;;;;/h20-27,34,38-45H,10-19,28-32H2,1-9H3;1-2H3;2*1H3;2*1H;/q;;2*-1;;;+4/p-2. The second kappa shape index (κ2) is 23.9. The number of hydrogen-bond acceptors (Lipinski definition) is 1. The molecule has 0 bridgehead atoms. The van der Waals surface area contributed by atoms with Gasteiger partial charge < -0.3 is 19.6 Å². The SMILES string of the molecule is CC.Cc1ccc(C2CCCC3C2CC(C)C3[Si](C)(CCCCCCOC(C)(C)C)C2CCC3C(c4ccc(C(C)(C)C)cc4)CCCC32)cc1.[CH3-].[CH3-].[Cl][Zr+2][Cl]. The Balaban J connectivity index is 0.00000148. The molecule has 4 aliphatic rings. The van der Waals surface area contributed by atoms with Crippen LogP contribution in [0.25, 0.3) is 0 Å². The Morgan fingerprint density at radius 2 is 1.20 bits per heavy atom. The van der Waals surface area contributed by atoms with Crippen LogP contribution in [0, 0.1) is 51.4 Å². The fourth-order valence-electron chi connectivity index (χ4n) is 12.7. The molecule has 2 aromatic carbocycles. The summed E-state index contributed by atoms with van der Waals surface area (Å²) in [5.41, 5.74) is 8.47. The first kappa shape index (κ1) is 52.2. The maximum absolute atomic E-state index is 6.10. The van der Waals surface area contributed by atoms with Crippen molar-refractivity contribution in [2.75, 3.05) is 6.61 Å². The second-order valence-electron chi connectivity index (χ2n) is 20.1. The van der Waals surface area contributed by atoms with Crippen LogP contribution in [0.15, 0.2) is 48.5 Å². The molecule has 56 heavy (non-hydrogen) atoms. The molecule has 4 saturated carbocycles. The van der Waals surface area contributed by atoms with E-state index in [4.69, 9.17) is 21.8 Å². The van der Waals surface area contributed by atoms with Crippen molar-refractivity contribution in [3.05, 3.63) is 85.6 Å². The third-order valence-corrected chi connectivity index (χ3v) is 21.1. The summed E-state index contributed by atoms with van der Waals surface area (Å²) < 4.78 is 6.10. The van der Waals surface area contributed by atoms with Crippen LogP contribution in [-0.4, -0.2) is 20.3 Å². The van der Waals surface area contributed by atoms with Crippen molar-refractivity contribution in [3.63, 3.8) is 0 Å². The van der Waals surface area contributed by atoms with Gasteiger partial charge in [-0.15, -0.1) is 0 Å². The molecule has 10 unspecified atom stereocenters. The number of benzene rings is 2. The third-order valence-electron chi connectivity index (χ3n) is 14.7. The van der Waals surface area contributed by atoms with Crippen LogP contribution >= 0.6 is 17.0 Å². The molecule has 0 heterocycles. The van der Waals surface area contributed by atoms with E-state index in [1.807, 2.05) is 13.8 Å². The zero-order chi connectivity index (χ0) is 39.7. The van der Waals surface area contributed by atoms with Crippen molar-refractivity contribution in [2.45, 2.75) is 199 Å². The molecule has 5 heteroatoms. The molecular formula is C51H86Cl2OSiZr. The molecule has 1 nitrogen and oxygen atoms in total. The van der Waals surface area contributed by atoms with E-state index in [1.54, 1.807) is 17.2 Å². The van der Waals surface area contributed by atoms with Crippen LogP contribution < -0.4 is 0 Å². The van der Waals surface area contributed by atoms with Crippen LogP contribution in [0.4, 0.5) is 0 Å². The van der Waals surface area contributed by atoms with Gasteiger partial charge in [-0.2, -0.15) is 0 Å². The molecule has 10 atom stereocenters. The summed E-state index contributed by atoms with van der Waals surface area (Å²) in [5, 5.41) is 0. The van der Waals surface area contributed by atoms with E-state index in [1.165, 1.54) is 94.6 Å². The Hall–Kier alpha value is 0.0800. The van der Waals surface area contributed by atoms with Gasteiger partial charge in [0.15, 0.2) is 0 Å². The molecule has 0 aliphatic heterocycles. The van der Waals surface area contributed by atoms with E-state index in [0.717, 1.165) is 59.1 Å². The zero-order valence-electron chi connectivity index (χ0n) is 38.6. The molecule has 6 rings (SSSR count). The summed E-state index contributed by atoms with van der Waals surface area (Å²) in [6.45, 7) is 26.6. The molecular weight excluding hydrogens is 819 g/mol. The maximum atomic E-state index is 6.10. The van der Waals surface area contributed by atoms with Gasteiger partial charge in [0, 0.05) is 6.61 Å². The van der Waals surface area contributed by atoms with Gasteiger partial charge in [-0.1, -0.05) is 160 Å². The second-order valence-corrected chi connectivity index (χ2v) is 28.8. The molecule has 0 saturated heterocycles. The summed E-state index contributed by atoms with van der Waals surface area (Å²) in [4.78, 5) is 0. The number of hydrogen-bond donors (Lipinski definition) is 0. The molecule has 0 aromatic heterocycles. The number of fused-ring (bicyclic) bond motifs is 2. The molecule has 0 N–H and O–H groups in total. The number of unbranched alkanes of at least 4 members (excludes halogenated alkanes) is 3. The fraction of sp³-hybridized carbons (Fsp3) is 0.725. The molecule has 0 amide bonds. The monoisotopic (exact) mass is 902 g/mol. The topological polar surface area (TPSA) is 9.23 Å². The Morgan fingerprint density at radius 3 is 1.75 bits per heavy atom. The van der Waals surface area contributed by atoms with Crippen molar-refractivity contribution >= 4 is 25.1 Å². The Bertz CT molecular complexity index is 1370. The quantitative estimate of drug-likeness (QED) is 0.124. The first-order valence-electron chi connectivity index (χ1n) is 22.4. The average molecular weight is 905 g/mol. The van der Waals surface area contributed by atoms with Gasteiger partial charge >= 0.3 is 37.9 Å². The zero-order valence-corrected chi connectivity index (χ0v) is 43.6. The first-order chi connectivity index (χ1) is 25.7. The summed E-state index contributed by atoms with van der Waals surface area (Å²) in [6.07, 6.45) is 18.7. The van der Waals surface area contributed by atoms with Crippen molar-refractivity contribution in [1.29, 1.82) is 0 Å². The number of halogens is 2. The molecule has 0 radical (unpaired) electrons. The van der Waals surface area contributed by atoms with Crippen molar-refractivity contribution in [1.82, 2.24) is 0 Å². The summed E-state index contributed by atoms with van der Waals surface area (Å²) >= 11 is -0.826. The summed E-state index contributed by atoms with van der Waals surface area (Å²) in [6, 6.07) is 21.4. The van der Waals surface area contributed by atoms with E-state index in [9.17, 15) is 0 Å². The van der Waals surface area contributed by atoms with Gasteiger partial charge in [-0.05, 0) is 134 Å². The summed E-state index contributed by atoms with van der Waals surface area (Å²) in [5.74, 6) is 6.25. The Kier molecular flexibility index (Phi) is 22.3. The third kappa shape index (κ3) is 13.3. The summed E-state index contributed by atoms with van der Waals surface area (Å²) in [7, 11) is 8.27. The number of aryl methyl sites for hydroxylation is 1. The molecule has 2 aromatic rings. The van der Waals surface area contributed by atoms with Crippen LogP contribution in [0.5, 0.6) is 0 Å². The van der Waals surface area contributed by atoms with Crippen molar-refractivity contribution in [2.24, 2.45) is 29.6 Å². The van der Waals surface area contributed by atoms with E-state index in [-0.39, 0.29) is 25.9 Å². The van der Waals surface area contributed by atoms with Crippen LogP contribution in [0.3, 0.4) is 0 Å². The molecule has 318 valence electrons.